The Morgan fingerprint density at radius 1 is 0.944 bits per heavy atom. The number of hydrogen-bond donors (Lipinski definition) is 1. The van der Waals surface area contributed by atoms with Gasteiger partial charge in [0.1, 0.15) is 0 Å². The van der Waals surface area contributed by atoms with E-state index < -0.39 is 12.7 Å². The predicted octanol–water partition coefficient (Wildman–Crippen LogP) is 2.26. The molecule has 0 heterocycles. The molecule has 1 atom stereocenters. The Hall–Kier alpha value is -1.33. The van der Waals surface area contributed by atoms with Crippen LogP contribution in [0.15, 0.2) is 60.7 Å². The molecule has 0 radical (unpaired) electrons. The number of alkyl halides is 1. The van der Waals surface area contributed by atoms with Gasteiger partial charge < -0.3 is 5.02 Å². The van der Waals surface area contributed by atoms with Crippen molar-refractivity contribution in [2.75, 3.05) is 0 Å². The molecule has 0 amide bonds. The predicted molar refractivity (Wildman–Crippen MR) is 71.3 cm³/mol. The zero-order chi connectivity index (χ0) is 12.8. The van der Waals surface area contributed by atoms with Crippen LogP contribution in [0.1, 0.15) is 11.1 Å². The minimum atomic E-state index is -1.16. The average Bonchev–Trinajstić information content (AvgIpc) is 2.46. The summed E-state index contributed by atoms with van der Waals surface area (Å²) in [6.07, 6.45) is 0. The maximum absolute atomic E-state index is 9.71. The van der Waals surface area contributed by atoms with E-state index in [9.17, 15) is 5.02 Å². The van der Waals surface area contributed by atoms with E-state index >= 15 is 0 Å². The molecule has 18 heavy (non-hydrogen) atoms. The second kappa shape index (κ2) is 6.57. The molecule has 2 rings (SSSR count). The van der Waals surface area contributed by atoms with E-state index in [4.69, 9.17) is 21.3 Å². The van der Waals surface area contributed by atoms with Crippen LogP contribution in [0, 0.1) is 0 Å². The van der Waals surface area contributed by atoms with Gasteiger partial charge in [-0.15, -0.1) is 0 Å². The molecule has 0 spiro atoms. The smallest absolute Gasteiger partial charge is 0.422 e. The van der Waals surface area contributed by atoms with Crippen LogP contribution >= 0.6 is 11.6 Å². The van der Waals surface area contributed by atoms with Gasteiger partial charge in [0.15, 0.2) is 5.56 Å². The maximum Gasteiger partial charge on any atom is 0.523 e. The monoisotopic (exact) mass is 262 g/mol. The lowest BCUT2D eigenvalue weighted by Gasteiger charge is -2.12. The summed E-state index contributed by atoms with van der Waals surface area (Å²) in [6, 6.07) is 18.1. The fourth-order valence-electron chi connectivity index (χ4n) is 1.43. The zero-order valence-electron chi connectivity index (χ0n) is 9.57. The molecule has 1 N–H and O–H groups in total. The molecule has 0 aliphatic rings. The largest absolute Gasteiger partial charge is 0.523 e. The lowest BCUT2D eigenvalue weighted by molar-refractivity contribution is -0.237. The summed E-state index contributed by atoms with van der Waals surface area (Å²) in [4.78, 5) is 9.83. The first kappa shape index (κ1) is 13.1. The van der Waals surface area contributed by atoms with Crippen LogP contribution in [0.5, 0.6) is 0 Å². The highest BCUT2D eigenvalue weighted by atomic mass is 35.5. The summed E-state index contributed by atoms with van der Waals surface area (Å²) in [5.41, 5.74) is 0.610. The van der Waals surface area contributed by atoms with Gasteiger partial charge in [-0.3, -0.25) is 4.81 Å². The fraction of sp³-hybridized carbons (Fsp3) is 0.0769. The first-order chi connectivity index (χ1) is 8.77. The van der Waals surface area contributed by atoms with Crippen LogP contribution in [-0.2, 0) is 9.69 Å². The number of halogens is 1. The Balaban J connectivity index is 1.89. The third-order valence-electron chi connectivity index (χ3n) is 2.38. The number of benzene rings is 2. The van der Waals surface area contributed by atoms with Gasteiger partial charge in [0.05, 0.1) is 0 Å². The Labute approximate surface area is 111 Å². The van der Waals surface area contributed by atoms with Crippen LogP contribution in [0.25, 0.3) is 0 Å². The second-order valence-corrected chi connectivity index (χ2v) is 4.08. The van der Waals surface area contributed by atoms with Crippen LogP contribution in [0.4, 0.5) is 0 Å². The van der Waals surface area contributed by atoms with Crippen molar-refractivity contribution in [3.05, 3.63) is 66.2 Å². The SMILES string of the molecule is OB(OOC(Cl)c1ccccc1)c1ccccc1. The van der Waals surface area contributed by atoms with E-state index in [2.05, 4.69) is 0 Å². The van der Waals surface area contributed by atoms with Crippen LogP contribution in [0.2, 0.25) is 0 Å². The quantitative estimate of drug-likeness (QED) is 0.389. The Morgan fingerprint density at radius 2 is 1.50 bits per heavy atom. The standard InChI is InChI=1S/C13H12BClO3/c15-13(11-7-3-1-4-8-11)17-18-14(16)12-9-5-2-6-10-12/h1-10,13,16H. The molecule has 0 saturated heterocycles. The van der Waals surface area contributed by atoms with Gasteiger partial charge in [0.2, 0.25) is 0 Å². The van der Waals surface area contributed by atoms with E-state index in [1.54, 1.807) is 24.3 Å². The highest BCUT2D eigenvalue weighted by Gasteiger charge is 2.19. The van der Waals surface area contributed by atoms with Crippen LogP contribution in [-0.4, -0.2) is 12.1 Å². The normalized spacial score (nSPS) is 12.1. The summed E-state index contributed by atoms with van der Waals surface area (Å²) < 4.78 is 0. The second-order valence-electron chi connectivity index (χ2n) is 3.68. The molecule has 0 fully saturated rings. The molecule has 2 aromatic rings. The molecule has 3 nitrogen and oxygen atoms in total. The van der Waals surface area contributed by atoms with Gasteiger partial charge in [-0.05, 0) is 11.0 Å². The Kier molecular flexibility index (Phi) is 4.78. The first-order valence-electron chi connectivity index (χ1n) is 5.51. The molecule has 0 aromatic heterocycles. The van der Waals surface area contributed by atoms with Crippen molar-refractivity contribution >= 4 is 24.2 Å². The van der Waals surface area contributed by atoms with Gasteiger partial charge in [-0.2, -0.15) is 0 Å². The van der Waals surface area contributed by atoms with E-state index in [-0.39, 0.29) is 0 Å². The molecular formula is C13H12BClO3. The van der Waals surface area contributed by atoms with E-state index in [1.807, 2.05) is 36.4 Å². The average molecular weight is 263 g/mol. The third-order valence-corrected chi connectivity index (χ3v) is 2.70. The van der Waals surface area contributed by atoms with Crippen LogP contribution < -0.4 is 5.46 Å². The van der Waals surface area contributed by atoms with Gasteiger partial charge in [-0.1, -0.05) is 72.3 Å². The minimum Gasteiger partial charge on any atom is -0.422 e. The summed E-state index contributed by atoms with van der Waals surface area (Å²) >= 11 is 5.98. The summed E-state index contributed by atoms with van der Waals surface area (Å²) in [6.45, 7) is 0. The fourth-order valence-corrected chi connectivity index (χ4v) is 1.62. The lowest BCUT2D eigenvalue weighted by atomic mass is 9.80. The van der Waals surface area contributed by atoms with Crippen molar-refractivity contribution < 1.29 is 14.7 Å². The highest BCUT2D eigenvalue weighted by Crippen LogP contribution is 2.21. The van der Waals surface area contributed by atoms with E-state index in [1.165, 1.54) is 0 Å². The summed E-state index contributed by atoms with van der Waals surface area (Å²) in [7, 11) is -1.16. The highest BCUT2D eigenvalue weighted by molar-refractivity contribution is 6.59. The van der Waals surface area contributed by atoms with Crippen molar-refractivity contribution in [3.63, 3.8) is 0 Å². The Morgan fingerprint density at radius 3 is 2.11 bits per heavy atom. The molecule has 0 bridgehead atoms. The summed E-state index contributed by atoms with van der Waals surface area (Å²) in [5.74, 6) is 0. The lowest BCUT2D eigenvalue weighted by Crippen LogP contribution is -2.33. The number of hydrogen-bond acceptors (Lipinski definition) is 3. The zero-order valence-corrected chi connectivity index (χ0v) is 10.3. The van der Waals surface area contributed by atoms with Crippen molar-refractivity contribution in [1.29, 1.82) is 0 Å². The number of rotatable bonds is 5. The Bertz CT molecular complexity index is 421. The molecule has 0 aliphatic heterocycles. The first-order valence-corrected chi connectivity index (χ1v) is 5.95. The minimum absolute atomic E-state index is 0.606. The van der Waals surface area contributed by atoms with Crippen molar-refractivity contribution in [2.24, 2.45) is 0 Å². The molecule has 0 saturated carbocycles. The van der Waals surface area contributed by atoms with E-state index in [0.717, 1.165) is 5.56 Å². The molecule has 5 heteroatoms. The van der Waals surface area contributed by atoms with E-state index in [0.29, 0.717) is 5.46 Å². The molecular weight excluding hydrogens is 250 g/mol. The van der Waals surface area contributed by atoms with Gasteiger partial charge in [0, 0.05) is 0 Å². The summed E-state index contributed by atoms with van der Waals surface area (Å²) in [5, 5.41) is 9.71. The molecule has 2 aromatic carbocycles. The third kappa shape index (κ3) is 3.58. The molecule has 1 unspecified atom stereocenters. The van der Waals surface area contributed by atoms with Gasteiger partial charge >= 0.3 is 7.12 Å². The van der Waals surface area contributed by atoms with Crippen molar-refractivity contribution in [2.45, 2.75) is 5.56 Å². The molecule has 0 aliphatic carbocycles. The van der Waals surface area contributed by atoms with Crippen LogP contribution in [0.3, 0.4) is 0 Å². The molecule has 92 valence electrons. The topological polar surface area (TPSA) is 38.7 Å². The maximum atomic E-state index is 9.71. The van der Waals surface area contributed by atoms with Crippen molar-refractivity contribution in [3.8, 4) is 0 Å². The van der Waals surface area contributed by atoms with Gasteiger partial charge in [-0.25, -0.2) is 4.89 Å². The van der Waals surface area contributed by atoms with Crippen molar-refractivity contribution in [1.82, 2.24) is 0 Å². The van der Waals surface area contributed by atoms with Gasteiger partial charge in [0.25, 0.3) is 0 Å².